The lowest BCUT2D eigenvalue weighted by Gasteiger charge is -2.50. The molecular formula is C50H63NO6. The molecule has 3 aromatic rings. The molecule has 9 unspecified atom stereocenters. The Morgan fingerprint density at radius 2 is 1.70 bits per heavy atom. The Kier molecular flexibility index (Phi) is 13.4. The smallest absolute Gasteiger partial charge is 0.308 e. The number of aliphatic hydroxyl groups is 3. The van der Waals surface area contributed by atoms with Gasteiger partial charge in [-0.3, -0.25) is 4.79 Å². The highest BCUT2D eigenvalue weighted by molar-refractivity contribution is 5.74. The molecule has 7 rings (SSSR count). The van der Waals surface area contributed by atoms with Gasteiger partial charge >= 0.3 is 5.97 Å². The Bertz CT molecular complexity index is 2020. The molecule has 0 aromatic heterocycles. The zero-order valence-electron chi connectivity index (χ0n) is 33.6. The number of carbonyl (C=O) groups is 1. The summed E-state index contributed by atoms with van der Waals surface area (Å²) < 4.78 is 0. The molecular weight excluding hydrogens is 711 g/mol. The Hall–Kier alpha value is -4.17. The maximum atomic E-state index is 13.9. The first kappa shape index (κ1) is 41.0. The SMILES string of the molecule is CNCC(O)C1C=CCC(CCCCCCC2C=C(CO)CC2)C(c2ccc(O)cc2)Cc2cccc(c2)C2(CCC3C=c4ccccc4=C(O)C3C2)C1C(=O)O. The van der Waals surface area contributed by atoms with Gasteiger partial charge in [-0.25, -0.2) is 0 Å². The van der Waals surface area contributed by atoms with Gasteiger partial charge in [0.05, 0.1) is 18.6 Å². The Morgan fingerprint density at radius 1 is 0.912 bits per heavy atom. The van der Waals surface area contributed by atoms with Crippen molar-refractivity contribution < 1.29 is 30.3 Å². The predicted molar refractivity (Wildman–Crippen MR) is 227 cm³/mol. The summed E-state index contributed by atoms with van der Waals surface area (Å²) in [5, 5.41) is 59.9. The first-order chi connectivity index (χ1) is 27.7. The number of rotatable bonds is 13. The Balaban J connectivity index is 1.24. The standard InChI is InChI=1S/C50H63NO6/c1-51-31-46(54)43-17-9-14-36(12-5-3-2-4-10-33-18-19-35(26-33)32-52)44(37-20-22-41(53)23-21-37)28-34-11-8-15-40(27-34)50(47(43)49(56)57)25-24-39-29-38-13-6-7-16-42(38)48(55)45(39)30-50/h6-9,11,13,15-17,20-23,26-27,29,33,36,39,43-47,51-55H,2-5,10,12,14,18-19,24-25,28,30-32H2,1H3,(H,56,57). The highest BCUT2D eigenvalue weighted by Crippen LogP contribution is 2.54. The molecule has 0 heterocycles. The molecule has 0 radical (unpaired) electrons. The van der Waals surface area contributed by atoms with Gasteiger partial charge in [0.1, 0.15) is 11.5 Å². The van der Waals surface area contributed by atoms with E-state index in [2.05, 4.69) is 59.9 Å². The molecule has 0 aliphatic heterocycles. The molecule has 57 heavy (non-hydrogen) atoms. The minimum atomic E-state index is -0.932. The first-order valence-corrected chi connectivity index (χ1v) is 21.6. The van der Waals surface area contributed by atoms with Gasteiger partial charge in [0.25, 0.3) is 0 Å². The molecule has 7 nitrogen and oxygen atoms in total. The fraction of sp³-hybridized carbons (Fsp3) is 0.500. The summed E-state index contributed by atoms with van der Waals surface area (Å²) in [6.45, 7) is 0.446. The zero-order chi connectivity index (χ0) is 39.9. The number of benzene rings is 3. The van der Waals surface area contributed by atoms with E-state index in [-0.39, 0.29) is 42.6 Å². The maximum absolute atomic E-state index is 13.9. The number of aliphatic hydroxyl groups excluding tert-OH is 3. The maximum Gasteiger partial charge on any atom is 0.308 e. The largest absolute Gasteiger partial charge is 0.511 e. The van der Waals surface area contributed by atoms with E-state index in [0.29, 0.717) is 24.5 Å². The lowest BCUT2D eigenvalue weighted by molar-refractivity contribution is -0.149. The van der Waals surface area contributed by atoms with Crippen LogP contribution in [0.1, 0.15) is 99.7 Å². The lowest BCUT2D eigenvalue weighted by Crippen LogP contribution is -2.53. The van der Waals surface area contributed by atoms with Crippen molar-refractivity contribution in [3.05, 3.63) is 124 Å². The number of allylic oxidation sites excluding steroid dienone is 2. The number of phenols is 1. The molecule has 0 saturated heterocycles. The van der Waals surface area contributed by atoms with Crippen molar-refractivity contribution in [3.63, 3.8) is 0 Å². The number of aromatic hydroxyl groups is 1. The highest BCUT2D eigenvalue weighted by Gasteiger charge is 2.54. The fourth-order valence-electron chi connectivity index (χ4n) is 11.2. The summed E-state index contributed by atoms with van der Waals surface area (Å²) in [6, 6.07) is 24.2. The Labute approximate surface area is 338 Å². The minimum absolute atomic E-state index is 0.0964. The number of hydrogen-bond acceptors (Lipinski definition) is 6. The topological polar surface area (TPSA) is 130 Å². The van der Waals surface area contributed by atoms with E-state index < -0.39 is 29.3 Å². The average Bonchev–Trinajstić information content (AvgIpc) is 3.68. The number of likely N-dealkylation sites (N-methyl/N-ethyl adjacent to an activating group) is 1. The van der Waals surface area contributed by atoms with E-state index in [4.69, 9.17) is 0 Å². The summed E-state index contributed by atoms with van der Waals surface area (Å²) in [5.41, 5.74) is 3.64. The normalized spacial score (nSPS) is 29.0. The molecule has 9 atom stereocenters. The molecule has 0 amide bonds. The fourth-order valence-corrected chi connectivity index (χ4v) is 11.2. The summed E-state index contributed by atoms with van der Waals surface area (Å²) in [7, 11) is 1.79. The minimum Gasteiger partial charge on any atom is -0.511 e. The molecule has 4 aliphatic carbocycles. The molecule has 3 aromatic carbocycles. The monoisotopic (exact) mass is 773 g/mol. The van der Waals surface area contributed by atoms with Gasteiger partial charge in [-0.05, 0) is 128 Å². The van der Waals surface area contributed by atoms with Gasteiger partial charge < -0.3 is 30.8 Å². The number of nitrogens with one attached hydrogen (secondary N) is 1. The third-order valence-electron chi connectivity index (χ3n) is 14.2. The van der Waals surface area contributed by atoms with E-state index in [1.807, 2.05) is 30.3 Å². The van der Waals surface area contributed by atoms with Crippen molar-refractivity contribution in [1.82, 2.24) is 5.32 Å². The summed E-state index contributed by atoms with van der Waals surface area (Å²) >= 11 is 0. The van der Waals surface area contributed by atoms with Crippen LogP contribution in [0.2, 0.25) is 0 Å². The molecule has 304 valence electrons. The van der Waals surface area contributed by atoms with Crippen LogP contribution < -0.4 is 15.8 Å². The number of hydrogen-bond donors (Lipinski definition) is 6. The summed E-state index contributed by atoms with van der Waals surface area (Å²) in [6.07, 6.45) is 20.1. The van der Waals surface area contributed by atoms with Crippen molar-refractivity contribution in [2.45, 2.75) is 101 Å². The number of aliphatic carboxylic acids is 1. The molecule has 1 spiro atoms. The van der Waals surface area contributed by atoms with Gasteiger partial charge in [0.15, 0.2) is 0 Å². The highest BCUT2D eigenvalue weighted by atomic mass is 16.4. The van der Waals surface area contributed by atoms with E-state index in [0.717, 1.165) is 72.9 Å². The first-order valence-electron chi connectivity index (χ1n) is 21.6. The van der Waals surface area contributed by atoms with Crippen LogP contribution in [-0.2, 0) is 16.6 Å². The second-order valence-electron chi connectivity index (χ2n) is 17.6. The molecule has 4 aliphatic rings. The van der Waals surface area contributed by atoms with Gasteiger partial charge in [-0.2, -0.15) is 0 Å². The van der Waals surface area contributed by atoms with E-state index >= 15 is 0 Å². The Morgan fingerprint density at radius 3 is 2.46 bits per heavy atom. The van der Waals surface area contributed by atoms with Crippen LogP contribution in [-0.4, -0.2) is 57.8 Å². The van der Waals surface area contributed by atoms with Gasteiger partial charge in [-0.15, -0.1) is 0 Å². The molecule has 1 saturated carbocycles. The van der Waals surface area contributed by atoms with Crippen LogP contribution >= 0.6 is 0 Å². The predicted octanol–water partition coefficient (Wildman–Crippen LogP) is 7.68. The van der Waals surface area contributed by atoms with Crippen molar-refractivity contribution >= 4 is 17.8 Å². The molecule has 7 heteroatoms. The van der Waals surface area contributed by atoms with Crippen LogP contribution in [0.15, 0.2) is 96.6 Å². The average molecular weight is 774 g/mol. The van der Waals surface area contributed by atoms with Crippen molar-refractivity contribution in [3.8, 4) is 5.75 Å². The van der Waals surface area contributed by atoms with Crippen LogP contribution in [0, 0.1) is 35.5 Å². The van der Waals surface area contributed by atoms with Gasteiger partial charge in [-0.1, -0.05) is 111 Å². The number of fused-ring (bicyclic) bond motifs is 5. The van der Waals surface area contributed by atoms with Gasteiger partial charge in [0.2, 0.25) is 0 Å². The number of carboxylic acids is 1. The third-order valence-corrected chi connectivity index (χ3v) is 14.2. The second-order valence-corrected chi connectivity index (χ2v) is 17.6. The second kappa shape index (κ2) is 18.6. The van der Waals surface area contributed by atoms with E-state index in [1.165, 1.54) is 30.4 Å². The van der Waals surface area contributed by atoms with E-state index in [9.17, 15) is 30.3 Å². The number of carboxylic acid groups (broad SMARTS) is 1. The summed E-state index contributed by atoms with van der Waals surface area (Å²) in [4.78, 5) is 13.9. The van der Waals surface area contributed by atoms with Crippen molar-refractivity contribution in [2.75, 3.05) is 20.2 Å². The zero-order valence-corrected chi connectivity index (χ0v) is 33.6. The van der Waals surface area contributed by atoms with Crippen LogP contribution in [0.4, 0.5) is 0 Å². The van der Waals surface area contributed by atoms with E-state index in [1.54, 1.807) is 19.2 Å². The van der Waals surface area contributed by atoms with Crippen molar-refractivity contribution in [2.24, 2.45) is 35.5 Å². The molecule has 6 N–H and O–H groups in total. The lowest BCUT2D eigenvalue weighted by atomic mass is 9.53. The van der Waals surface area contributed by atoms with Gasteiger partial charge in [0, 0.05) is 29.0 Å². The molecule has 2 bridgehead atoms. The quantitative estimate of drug-likeness (QED) is 0.0777. The van der Waals surface area contributed by atoms with Crippen LogP contribution in [0.25, 0.3) is 11.8 Å². The van der Waals surface area contributed by atoms with Crippen molar-refractivity contribution in [1.29, 1.82) is 0 Å². The van der Waals surface area contributed by atoms with Crippen LogP contribution in [0.5, 0.6) is 5.75 Å². The molecule has 1 fully saturated rings. The number of phenolic OH excluding ortho intramolecular Hbond substituents is 1. The van der Waals surface area contributed by atoms with Crippen LogP contribution in [0.3, 0.4) is 0 Å². The third kappa shape index (κ3) is 9.11. The number of unbranched alkanes of at least 4 members (excludes halogenated alkanes) is 3. The summed E-state index contributed by atoms with van der Waals surface area (Å²) in [5.74, 6) is -1.04.